The van der Waals surface area contributed by atoms with Crippen molar-refractivity contribution in [3.05, 3.63) is 85.3 Å². The number of rotatable bonds is 5. The average Bonchev–Trinajstić information content (AvgIpc) is 3.33. The topological polar surface area (TPSA) is 96.8 Å². The van der Waals surface area contributed by atoms with E-state index in [0.29, 0.717) is 21.8 Å². The van der Waals surface area contributed by atoms with Gasteiger partial charge >= 0.3 is 11.9 Å². The average molecular weight is 531 g/mol. The first-order valence-corrected chi connectivity index (χ1v) is 12.2. The van der Waals surface area contributed by atoms with E-state index < -0.39 is 23.7 Å². The van der Waals surface area contributed by atoms with Crippen LogP contribution in [0.4, 0.5) is 5.13 Å². The standard InChI is InChI=1S/C25H20Cl2N2O5S/c1-4-34-24(33)22-13(3)28-25(35-22)29-19(15-9-10-16(26)17(27)11-15)18(21(31)23(29)32)20(30)14-7-5-12(2)6-8-14/h5-11,19,30H,4H2,1-3H3/b20-18+. The van der Waals surface area contributed by atoms with E-state index in [0.717, 1.165) is 16.9 Å². The second-order valence-electron chi connectivity index (χ2n) is 7.84. The number of carbonyl (C=O) groups is 3. The Bertz CT molecular complexity index is 1380. The molecule has 10 heteroatoms. The smallest absolute Gasteiger partial charge is 0.350 e. The molecule has 180 valence electrons. The highest BCUT2D eigenvalue weighted by Gasteiger charge is 2.48. The van der Waals surface area contributed by atoms with E-state index in [1.807, 2.05) is 6.92 Å². The van der Waals surface area contributed by atoms with Gasteiger partial charge in [-0.25, -0.2) is 9.78 Å². The first-order valence-electron chi connectivity index (χ1n) is 10.6. The number of aliphatic hydroxyl groups excluding tert-OH is 1. The molecule has 7 nitrogen and oxygen atoms in total. The summed E-state index contributed by atoms with van der Waals surface area (Å²) < 4.78 is 5.08. The molecule has 0 radical (unpaired) electrons. The molecule has 1 aliphatic rings. The Hall–Kier alpha value is -3.20. The zero-order chi connectivity index (χ0) is 25.4. The number of hydrogen-bond acceptors (Lipinski definition) is 7. The fraction of sp³-hybridized carbons (Fsp3) is 0.200. The number of anilines is 1. The minimum atomic E-state index is -1.05. The highest BCUT2D eigenvalue weighted by Crippen LogP contribution is 2.44. The Kier molecular flexibility index (Phi) is 6.98. The molecule has 3 aromatic rings. The first kappa shape index (κ1) is 24.9. The zero-order valence-electron chi connectivity index (χ0n) is 19.0. The lowest BCUT2D eigenvalue weighted by molar-refractivity contribution is -0.132. The molecule has 0 aliphatic carbocycles. The maximum atomic E-state index is 13.3. The van der Waals surface area contributed by atoms with Gasteiger partial charge in [-0.05, 0) is 38.5 Å². The third kappa shape index (κ3) is 4.57. The number of ketones is 1. The second kappa shape index (κ2) is 9.81. The lowest BCUT2D eigenvalue weighted by Crippen LogP contribution is -2.29. The lowest BCUT2D eigenvalue weighted by Gasteiger charge is -2.23. The van der Waals surface area contributed by atoms with Crippen LogP contribution < -0.4 is 4.90 Å². The van der Waals surface area contributed by atoms with Gasteiger partial charge in [-0.1, -0.05) is 70.4 Å². The SMILES string of the molecule is CCOC(=O)c1sc(N2C(=O)C(=O)/C(=C(/O)c3ccc(C)cc3)C2c2ccc(Cl)c(Cl)c2)nc1C. The number of aryl methyl sites for hydroxylation is 2. The molecule has 0 saturated carbocycles. The number of aliphatic hydroxyl groups is 1. The second-order valence-corrected chi connectivity index (χ2v) is 9.63. The van der Waals surface area contributed by atoms with E-state index in [1.54, 1.807) is 50.2 Å². The van der Waals surface area contributed by atoms with Crippen LogP contribution in [-0.2, 0) is 14.3 Å². The van der Waals surface area contributed by atoms with Crippen molar-refractivity contribution < 1.29 is 24.2 Å². The Morgan fingerprint density at radius 3 is 2.43 bits per heavy atom. The summed E-state index contributed by atoms with van der Waals surface area (Å²) >= 11 is 13.3. The predicted octanol–water partition coefficient (Wildman–Crippen LogP) is 5.87. The molecule has 1 N–H and O–H groups in total. The Labute approximate surface area is 215 Å². The van der Waals surface area contributed by atoms with Gasteiger partial charge in [0.15, 0.2) is 5.13 Å². The fourth-order valence-electron chi connectivity index (χ4n) is 3.77. The Morgan fingerprint density at radius 1 is 1.11 bits per heavy atom. The Balaban J connectivity index is 1.93. The van der Waals surface area contributed by atoms with Crippen LogP contribution in [0.15, 0.2) is 48.0 Å². The van der Waals surface area contributed by atoms with Crippen LogP contribution in [0.5, 0.6) is 0 Å². The Morgan fingerprint density at radius 2 is 1.80 bits per heavy atom. The van der Waals surface area contributed by atoms with Gasteiger partial charge in [0.1, 0.15) is 10.6 Å². The molecule has 4 rings (SSSR count). The summed E-state index contributed by atoms with van der Waals surface area (Å²) in [5.74, 6) is -2.68. The van der Waals surface area contributed by atoms with Crippen LogP contribution in [0.25, 0.3) is 5.76 Å². The number of amides is 1. The van der Waals surface area contributed by atoms with E-state index in [2.05, 4.69) is 4.98 Å². The maximum absolute atomic E-state index is 13.3. The van der Waals surface area contributed by atoms with Crippen LogP contribution >= 0.6 is 34.5 Å². The van der Waals surface area contributed by atoms with E-state index in [9.17, 15) is 19.5 Å². The number of ether oxygens (including phenoxy) is 1. The summed E-state index contributed by atoms with van der Waals surface area (Å²) in [6, 6.07) is 10.5. The highest BCUT2D eigenvalue weighted by molar-refractivity contribution is 7.17. The van der Waals surface area contributed by atoms with Gasteiger partial charge in [0.2, 0.25) is 0 Å². The molecule has 0 bridgehead atoms. The van der Waals surface area contributed by atoms with Crippen molar-refractivity contribution in [2.75, 3.05) is 11.5 Å². The van der Waals surface area contributed by atoms with Crippen LogP contribution in [0.3, 0.4) is 0 Å². The summed E-state index contributed by atoms with van der Waals surface area (Å²) in [6.07, 6.45) is 0. The molecule has 1 unspecified atom stereocenters. The molecule has 1 saturated heterocycles. The molecule has 1 atom stereocenters. The maximum Gasteiger partial charge on any atom is 0.350 e. The number of nitrogens with zero attached hydrogens (tertiary/aromatic N) is 2. The summed E-state index contributed by atoms with van der Waals surface area (Å²) in [7, 11) is 0. The van der Waals surface area contributed by atoms with Crippen molar-refractivity contribution in [1.29, 1.82) is 0 Å². The van der Waals surface area contributed by atoms with Crippen molar-refractivity contribution in [2.45, 2.75) is 26.8 Å². The van der Waals surface area contributed by atoms with E-state index in [4.69, 9.17) is 27.9 Å². The quantitative estimate of drug-likeness (QED) is 0.192. The van der Waals surface area contributed by atoms with E-state index in [-0.39, 0.29) is 33.0 Å². The van der Waals surface area contributed by atoms with Crippen LogP contribution in [0.1, 0.15) is 45.0 Å². The number of benzene rings is 2. The molecule has 0 spiro atoms. The summed E-state index contributed by atoms with van der Waals surface area (Å²) in [5.41, 5.74) is 2.02. The molecule has 1 fully saturated rings. The van der Waals surface area contributed by atoms with Crippen molar-refractivity contribution in [3.8, 4) is 0 Å². The van der Waals surface area contributed by atoms with Crippen molar-refractivity contribution in [1.82, 2.24) is 4.98 Å². The van der Waals surface area contributed by atoms with Crippen LogP contribution in [-0.4, -0.2) is 34.4 Å². The number of esters is 1. The molecule has 1 aromatic heterocycles. The van der Waals surface area contributed by atoms with Gasteiger partial charge in [-0.3, -0.25) is 14.5 Å². The largest absolute Gasteiger partial charge is 0.507 e. The summed E-state index contributed by atoms with van der Waals surface area (Å²) in [4.78, 5) is 44.7. The highest BCUT2D eigenvalue weighted by atomic mass is 35.5. The zero-order valence-corrected chi connectivity index (χ0v) is 21.3. The number of Topliss-reactive ketones (excluding diaryl/α,β-unsaturated/α-hetero) is 1. The van der Waals surface area contributed by atoms with Gasteiger partial charge < -0.3 is 9.84 Å². The third-order valence-corrected chi connectivity index (χ3v) is 7.36. The number of aromatic nitrogens is 1. The van der Waals surface area contributed by atoms with Gasteiger partial charge in [-0.15, -0.1) is 0 Å². The normalized spacial score (nSPS) is 17.2. The van der Waals surface area contributed by atoms with E-state index in [1.165, 1.54) is 11.0 Å². The van der Waals surface area contributed by atoms with Gasteiger partial charge in [0, 0.05) is 5.56 Å². The van der Waals surface area contributed by atoms with Crippen LogP contribution in [0.2, 0.25) is 10.0 Å². The molecular weight excluding hydrogens is 511 g/mol. The molecule has 1 amide bonds. The fourth-order valence-corrected chi connectivity index (χ4v) is 5.06. The summed E-state index contributed by atoms with van der Waals surface area (Å²) in [6.45, 7) is 5.37. The lowest BCUT2D eigenvalue weighted by atomic mass is 9.95. The number of thiazole rings is 1. The number of halogens is 2. The van der Waals surface area contributed by atoms with E-state index >= 15 is 0 Å². The summed E-state index contributed by atoms with van der Waals surface area (Å²) in [5, 5.41) is 11.8. The predicted molar refractivity (Wildman–Crippen MR) is 135 cm³/mol. The van der Waals surface area contributed by atoms with Gasteiger partial charge in [0.25, 0.3) is 5.78 Å². The first-order chi connectivity index (χ1) is 16.6. The minimum absolute atomic E-state index is 0.117. The van der Waals surface area contributed by atoms with Crippen LogP contribution in [0, 0.1) is 13.8 Å². The molecule has 2 aromatic carbocycles. The number of hydrogen-bond donors (Lipinski definition) is 1. The van der Waals surface area contributed by atoms with Crippen molar-refractivity contribution in [2.24, 2.45) is 0 Å². The molecule has 35 heavy (non-hydrogen) atoms. The molecule has 1 aliphatic heterocycles. The van der Waals surface area contributed by atoms with Crippen molar-refractivity contribution in [3.63, 3.8) is 0 Å². The monoisotopic (exact) mass is 530 g/mol. The molecule has 2 heterocycles. The third-order valence-electron chi connectivity index (χ3n) is 5.48. The number of carbonyl (C=O) groups excluding carboxylic acids is 3. The van der Waals surface area contributed by atoms with Gasteiger partial charge in [-0.2, -0.15) is 0 Å². The molecular formula is C25H20Cl2N2O5S. The van der Waals surface area contributed by atoms with Gasteiger partial charge in [0.05, 0.1) is 34.0 Å². The van der Waals surface area contributed by atoms with Crippen molar-refractivity contribution >= 4 is 63.1 Å². The minimum Gasteiger partial charge on any atom is -0.507 e.